The number of rotatable bonds is 7. The summed E-state index contributed by atoms with van der Waals surface area (Å²) in [5, 5.41) is 0. The zero-order valence-corrected chi connectivity index (χ0v) is 12.8. The van der Waals surface area contributed by atoms with Gasteiger partial charge < -0.3 is 19.1 Å². The fourth-order valence-electron chi connectivity index (χ4n) is 1.85. The van der Waals surface area contributed by atoms with E-state index in [1.807, 2.05) is 0 Å². The van der Waals surface area contributed by atoms with Gasteiger partial charge in [0.25, 0.3) is 5.91 Å². The molecule has 0 radical (unpaired) electrons. The predicted octanol–water partition coefficient (Wildman–Crippen LogP) is 1.73. The molecule has 0 saturated heterocycles. The molecule has 1 aromatic carbocycles. The van der Waals surface area contributed by atoms with E-state index in [4.69, 9.17) is 14.2 Å². The van der Waals surface area contributed by atoms with Crippen molar-refractivity contribution in [2.75, 3.05) is 34.4 Å². The Bertz CT molecular complexity index is 501. The Morgan fingerprint density at radius 1 is 1.19 bits per heavy atom. The molecule has 116 valence electrons. The second-order valence-corrected chi connectivity index (χ2v) is 4.32. The van der Waals surface area contributed by atoms with Crippen LogP contribution in [0.3, 0.4) is 0 Å². The Labute approximate surface area is 124 Å². The van der Waals surface area contributed by atoms with Crippen LogP contribution in [-0.4, -0.2) is 51.2 Å². The highest BCUT2D eigenvalue weighted by molar-refractivity contribution is 5.97. The van der Waals surface area contributed by atoms with Crippen molar-refractivity contribution in [2.45, 2.75) is 13.3 Å². The maximum Gasteiger partial charge on any atom is 0.307 e. The molecule has 1 rings (SSSR count). The summed E-state index contributed by atoms with van der Waals surface area (Å²) in [7, 11) is 4.62. The van der Waals surface area contributed by atoms with Gasteiger partial charge in [-0.15, -0.1) is 0 Å². The molecule has 0 fully saturated rings. The lowest BCUT2D eigenvalue weighted by molar-refractivity contribution is -0.143. The van der Waals surface area contributed by atoms with Crippen LogP contribution in [0.4, 0.5) is 0 Å². The largest absolute Gasteiger partial charge is 0.493 e. The molecule has 6 nitrogen and oxygen atoms in total. The van der Waals surface area contributed by atoms with Gasteiger partial charge in [-0.3, -0.25) is 9.59 Å². The predicted molar refractivity (Wildman–Crippen MR) is 77.8 cm³/mol. The van der Waals surface area contributed by atoms with Gasteiger partial charge in [0.2, 0.25) is 0 Å². The van der Waals surface area contributed by atoms with E-state index in [2.05, 4.69) is 0 Å². The lowest BCUT2D eigenvalue weighted by Gasteiger charge is -2.19. The molecule has 21 heavy (non-hydrogen) atoms. The van der Waals surface area contributed by atoms with Gasteiger partial charge >= 0.3 is 5.97 Å². The van der Waals surface area contributed by atoms with Crippen LogP contribution >= 0.6 is 0 Å². The number of ether oxygens (including phenoxy) is 3. The molecular formula is C15H21NO5. The van der Waals surface area contributed by atoms with Crippen molar-refractivity contribution >= 4 is 11.9 Å². The van der Waals surface area contributed by atoms with Crippen LogP contribution in [-0.2, 0) is 9.53 Å². The van der Waals surface area contributed by atoms with E-state index in [1.165, 1.54) is 19.1 Å². The summed E-state index contributed by atoms with van der Waals surface area (Å²) >= 11 is 0. The molecule has 0 atom stereocenters. The van der Waals surface area contributed by atoms with Crippen LogP contribution in [0, 0.1) is 0 Å². The van der Waals surface area contributed by atoms with Crippen molar-refractivity contribution in [1.82, 2.24) is 4.90 Å². The third-order valence-electron chi connectivity index (χ3n) is 2.94. The first-order valence-corrected chi connectivity index (χ1v) is 6.67. The van der Waals surface area contributed by atoms with Crippen molar-refractivity contribution in [3.63, 3.8) is 0 Å². The first-order chi connectivity index (χ1) is 10.0. The fraction of sp³-hybridized carbons (Fsp3) is 0.467. The summed E-state index contributed by atoms with van der Waals surface area (Å²) in [6, 6.07) is 5.09. The van der Waals surface area contributed by atoms with E-state index in [-0.39, 0.29) is 24.8 Å². The van der Waals surface area contributed by atoms with Gasteiger partial charge in [-0.25, -0.2) is 0 Å². The SMILES string of the molecule is CCOC(=O)CCN(C)C(=O)c1cccc(OC)c1OC. The summed E-state index contributed by atoms with van der Waals surface area (Å²) in [5.41, 5.74) is 0.392. The number of carbonyl (C=O) groups excluding carboxylic acids is 2. The Kier molecular flexibility index (Phi) is 6.52. The minimum atomic E-state index is -0.324. The number of hydrogen-bond donors (Lipinski definition) is 0. The van der Waals surface area contributed by atoms with Crippen molar-refractivity contribution in [1.29, 1.82) is 0 Å². The summed E-state index contributed by atoms with van der Waals surface area (Å²) in [6.07, 6.45) is 0.155. The topological polar surface area (TPSA) is 65.1 Å². The van der Waals surface area contributed by atoms with Gasteiger partial charge in [-0.2, -0.15) is 0 Å². The average molecular weight is 295 g/mol. The van der Waals surface area contributed by atoms with E-state index in [0.29, 0.717) is 23.7 Å². The van der Waals surface area contributed by atoms with Crippen LogP contribution in [0.25, 0.3) is 0 Å². The highest BCUT2D eigenvalue weighted by Crippen LogP contribution is 2.31. The average Bonchev–Trinajstić information content (AvgIpc) is 2.51. The molecule has 0 saturated carbocycles. The maximum atomic E-state index is 12.4. The molecule has 0 heterocycles. The normalized spacial score (nSPS) is 9.90. The highest BCUT2D eigenvalue weighted by atomic mass is 16.5. The fourth-order valence-corrected chi connectivity index (χ4v) is 1.85. The van der Waals surface area contributed by atoms with E-state index < -0.39 is 0 Å². The van der Waals surface area contributed by atoms with Gasteiger partial charge in [0.15, 0.2) is 11.5 Å². The maximum absolute atomic E-state index is 12.4. The molecule has 1 amide bonds. The molecule has 0 aliphatic heterocycles. The highest BCUT2D eigenvalue weighted by Gasteiger charge is 2.20. The number of hydrogen-bond acceptors (Lipinski definition) is 5. The summed E-state index contributed by atoms with van der Waals surface area (Å²) < 4.78 is 15.2. The third-order valence-corrected chi connectivity index (χ3v) is 2.94. The van der Waals surface area contributed by atoms with Crippen LogP contribution in [0.2, 0.25) is 0 Å². The molecule has 0 unspecified atom stereocenters. The minimum absolute atomic E-state index is 0.155. The number of methoxy groups -OCH3 is 2. The molecule has 0 aliphatic carbocycles. The monoisotopic (exact) mass is 295 g/mol. The van der Waals surface area contributed by atoms with Gasteiger partial charge in [0, 0.05) is 13.6 Å². The van der Waals surface area contributed by atoms with Gasteiger partial charge in [0.05, 0.1) is 32.8 Å². The van der Waals surface area contributed by atoms with Gasteiger partial charge in [-0.05, 0) is 19.1 Å². The standard InChI is InChI=1S/C15H21NO5/c1-5-21-13(17)9-10-16(2)15(18)11-7-6-8-12(19-3)14(11)20-4/h6-8H,5,9-10H2,1-4H3. The number of nitrogens with zero attached hydrogens (tertiary/aromatic N) is 1. The number of esters is 1. The molecule has 0 aromatic heterocycles. The molecule has 0 spiro atoms. The van der Waals surface area contributed by atoms with E-state index >= 15 is 0 Å². The zero-order chi connectivity index (χ0) is 15.8. The zero-order valence-electron chi connectivity index (χ0n) is 12.8. The molecule has 0 bridgehead atoms. The molecule has 0 N–H and O–H groups in total. The number of para-hydroxylation sites is 1. The van der Waals surface area contributed by atoms with Crippen molar-refractivity contribution in [2.24, 2.45) is 0 Å². The van der Waals surface area contributed by atoms with Gasteiger partial charge in [-0.1, -0.05) is 6.07 Å². The first-order valence-electron chi connectivity index (χ1n) is 6.67. The Balaban J connectivity index is 2.81. The lowest BCUT2D eigenvalue weighted by Crippen LogP contribution is -2.29. The smallest absolute Gasteiger partial charge is 0.307 e. The molecule has 0 aliphatic rings. The lowest BCUT2D eigenvalue weighted by atomic mass is 10.1. The second kappa shape index (κ2) is 8.14. The van der Waals surface area contributed by atoms with Crippen LogP contribution < -0.4 is 9.47 Å². The number of carbonyl (C=O) groups is 2. The molecule has 1 aromatic rings. The van der Waals surface area contributed by atoms with Crippen molar-refractivity contribution < 1.29 is 23.8 Å². The Hall–Kier alpha value is -2.24. The van der Waals surface area contributed by atoms with Crippen LogP contribution in [0.5, 0.6) is 11.5 Å². The summed E-state index contributed by atoms with van der Waals surface area (Å²) in [6.45, 7) is 2.35. The number of amides is 1. The van der Waals surface area contributed by atoms with Crippen LogP contribution in [0.1, 0.15) is 23.7 Å². The Morgan fingerprint density at radius 2 is 1.90 bits per heavy atom. The van der Waals surface area contributed by atoms with Crippen molar-refractivity contribution in [3.05, 3.63) is 23.8 Å². The minimum Gasteiger partial charge on any atom is -0.493 e. The molecule has 6 heteroatoms. The molecular weight excluding hydrogens is 274 g/mol. The van der Waals surface area contributed by atoms with Crippen LogP contribution in [0.15, 0.2) is 18.2 Å². The number of benzene rings is 1. The quantitative estimate of drug-likeness (QED) is 0.717. The summed E-state index contributed by atoms with van der Waals surface area (Å²) in [5.74, 6) is 0.305. The second-order valence-electron chi connectivity index (χ2n) is 4.32. The van der Waals surface area contributed by atoms with Gasteiger partial charge in [0.1, 0.15) is 0 Å². The third kappa shape index (κ3) is 4.37. The Morgan fingerprint density at radius 3 is 2.48 bits per heavy atom. The van der Waals surface area contributed by atoms with E-state index in [9.17, 15) is 9.59 Å². The first kappa shape index (κ1) is 16.8. The van der Waals surface area contributed by atoms with Crippen molar-refractivity contribution in [3.8, 4) is 11.5 Å². The van der Waals surface area contributed by atoms with E-state index in [0.717, 1.165) is 0 Å². The van der Waals surface area contributed by atoms with E-state index in [1.54, 1.807) is 32.2 Å². The summed E-state index contributed by atoms with van der Waals surface area (Å²) in [4.78, 5) is 25.2.